The highest BCUT2D eigenvalue weighted by Crippen LogP contribution is 2.22. The summed E-state index contributed by atoms with van der Waals surface area (Å²) in [6, 6.07) is 0.340. The minimum Gasteiger partial charge on any atom is -0.377 e. The maximum atomic E-state index is 12.7. The summed E-state index contributed by atoms with van der Waals surface area (Å²) in [5, 5.41) is 6.35. The molecule has 3 aliphatic rings. The zero-order chi connectivity index (χ0) is 14.8. The summed E-state index contributed by atoms with van der Waals surface area (Å²) in [6.07, 6.45) is 4.02. The zero-order valence-corrected chi connectivity index (χ0v) is 12.6. The van der Waals surface area contributed by atoms with Crippen LogP contribution in [0.4, 0.5) is 0 Å². The average Bonchev–Trinajstić information content (AvgIpc) is 3.31. The maximum Gasteiger partial charge on any atom is 0.245 e. The second-order valence-corrected chi connectivity index (χ2v) is 6.49. The second kappa shape index (κ2) is 6.32. The second-order valence-electron chi connectivity index (χ2n) is 6.49. The van der Waals surface area contributed by atoms with Crippen molar-refractivity contribution in [2.45, 2.75) is 50.7 Å². The fourth-order valence-corrected chi connectivity index (χ4v) is 3.05. The fourth-order valence-electron chi connectivity index (χ4n) is 3.05. The molecule has 1 aliphatic carbocycles. The van der Waals surface area contributed by atoms with Gasteiger partial charge < -0.3 is 20.3 Å². The van der Waals surface area contributed by atoms with Gasteiger partial charge in [-0.1, -0.05) is 0 Å². The van der Waals surface area contributed by atoms with Gasteiger partial charge in [0.05, 0.1) is 19.1 Å². The molecule has 3 unspecified atom stereocenters. The quantitative estimate of drug-likeness (QED) is 0.761. The van der Waals surface area contributed by atoms with Gasteiger partial charge in [-0.25, -0.2) is 0 Å². The molecule has 0 aromatic heterocycles. The van der Waals surface area contributed by atoms with E-state index in [2.05, 4.69) is 17.6 Å². The topological polar surface area (TPSA) is 70.7 Å². The third kappa shape index (κ3) is 3.55. The van der Waals surface area contributed by atoms with Crippen LogP contribution < -0.4 is 10.6 Å². The predicted octanol–water partition coefficient (Wildman–Crippen LogP) is -0.119. The number of carbonyl (C=O) groups excluding carboxylic acids is 2. The molecule has 6 heteroatoms. The van der Waals surface area contributed by atoms with Crippen molar-refractivity contribution in [1.82, 2.24) is 15.5 Å². The van der Waals surface area contributed by atoms with E-state index >= 15 is 0 Å². The molecule has 1 saturated carbocycles. The number of nitrogens with one attached hydrogen (secondary N) is 2. The molecule has 2 amide bonds. The Kier molecular flexibility index (Phi) is 4.45. The summed E-state index contributed by atoms with van der Waals surface area (Å²) in [6.45, 7) is 4.22. The molecular formula is C15H25N3O3. The number of amides is 2. The van der Waals surface area contributed by atoms with Crippen molar-refractivity contribution in [1.29, 1.82) is 0 Å². The number of carbonyl (C=O) groups is 2. The molecule has 3 fully saturated rings. The summed E-state index contributed by atoms with van der Waals surface area (Å²) in [7, 11) is 0. The first-order valence-corrected chi connectivity index (χ1v) is 8.07. The summed E-state index contributed by atoms with van der Waals surface area (Å²) >= 11 is 0. The van der Waals surface area contributed by atoms with Crippen LogP contribution in [0.2, 0.25) is 0 Å². The van der Waals surface area contributed by atoms with Gasteiger partial charge >= 0.3 is 0 Å². The lowest BCUT2D eigenvalue weighted by Crippen LogP contribution is -2.58. The largest absolute Gasteiger partial charge is 0.377 e. The Morgan fingerprint density at radius 2 is 2.05 bits per heavy atom. The third-order valence-corrected chi connectivity index (χ3v) is 4.65. The molecule has 2 N–H and O–H groups in total. The number of rotatable bonds is 3. The van der Waals surface area contributed by atoms with Crippen LogP contribution >= 0.6 is 0 Å². The third-order valence-electron chi connectivity index (χ3n) is 4.65. The van der Waals surface area contributed by atoms with Gasteiger partial charge in [0.25, 0.3) is 0 Å². The molecule has 0 bridgehead atoms. The average molecular weight is 295 g/mol. The first-order valence-electron chi connectivity index (χ1n) is 8.07. The summed E-state index contributed by atoms with van der Waals surface area (Å²) in [5.74, 6) is 0.0480. The van der Waals surface area contributed by atoms with Crippen LogP contribution in [0, 0.1) is 5.92 Å². The van der Waals surface area contributed by atoms with Crippen molar-refractivity contribution in [2.24, 2.45) is 5.92 Å². The van der Waals surface area contributed by atoms with Crippen LogP contribution in [0.25, 0.3) is 0 Å². The molecule has 3 rings (SSSR count). The van der Waals surface area contributed by atoms with E-state index in [1.54, 1.807) is 4.90 Å². The van der Waals surface area contributed by atoms with Crippen LogP contribution in [-0.4, -0.2) is 61.1 Å². The van der Waals surface area contributed by atoms with E-state index in [1.165, 1.54) is 0 Å². The molecule has 2 aliphatic heterocycles. The van der Waals surface area contributed by atoms with E-state index in [9.17, 15) is 9.59 Å². The Bertz CT molecular complexity index is 403. The molecule has 0 aromatic carbocycles. The molecular weight excluding hydrogens is 270 g/mol. The highest BCUT2D eigenvalue weighted by Gasteiger charge is 2.38. The molecule has 3 atom stereocenters. The van der Waals surface area contributed by atoms with Gasteiger partial charge in [-0.3, -0.25) is 9.59 Å². The van der Waals surface area contributed by atoms with Crippen molar-refractivity contribution >= 4 is 11.8 Å². The van der Waals surface area contributed by atoms with Gasteiger partial charge in [-0.2, -0.15) is 0 Å². The van der Waals surface area contributed by atoms with E-state index in [4.69, 9.17) is 4.74 Å². The van der Waals surface area contributed by atoms with Gasteiger partial charge in [0, 0.05) is 25.2 Å². The highest BCUT2D eigenvalue weighted by molar-refractivity contribution is 5.89. The highest BCUT2D eigenvalue weighted by atomic mass is 16.5. The van der Waals surface area contributed by atoms with Crippen molar-refractivity contribution in [3.8, 4) is 0 Å². The number of ether oxygens (including phenoxy) is 1. The van der Waals surface area contributed by atoms with Gasteiger partial charge in [-0.05, 0) is 32.6 Å². The maximum absolute atomic E-state index is 12.7. The van der Waals surface area contributed by atoms with Crippen LogP contribution in [-0.2, 0) is 14.3 Å². The molecule has 0 spiro atoms. The Balaban J connectivity index is 1.62. The van der Waals surface area contributed by atoms with Gasteiger partial charge in [0.1, 0.15) is 6.04 Å². The Morgan fingerprint density at radius 3 is 2.71 bits per heavy atom. The Labute approximate surface area is 125 Å². The Morgan fingerprint density at radius 1 is 1.24 bits per heavy atom. The van der Waals surface area contributed by atoms with Gasteiger partial charge in [0.15, 0.2) is 0 Å². The van der Waals surface area contributed by atoms with Crippen molar-refractivity contribution in [3.05, 3.63) is 0 Å². The molecule has 0 radical (unpaired) electrons. The van der Waals surface area contributed by atoms with E-state index < -0.39 is 6.04 Å². The number of nitrogens with zero attached hydrogens (tertiary/aromatic N) is 1. The van der Waals surface area contributed by atoms with Crippen LogP contribution in [0.1, 0.15) is 32.6 Å². The summed E-state index contributed by atoms with van der Waals surface area (Å²) in [4.78, 5) is 26.8. The molecule has 2 heterocycles. The molecule has 2 saturated heterocycles. The minimum absolute atomic E-state index is 0.00414. The van der Waals surface area contributed by atoms with E-state index in [0.717, 1.165) is 25.7 Å². The minimum atomic E-state index is -0.453. The zero-order valence-electron chi connectivity index (χ0n) is 12.6. The molecule has 6 nitrogen and oxygen atoms in total. The van der Waals surface area contributed by atoms with Gasteiger partial charge in [0.2, 0.25) is 11.8 Å². The first-order chi connectivity index (χ1) is 10.1. The number of morpholine rings is 1. The summed E-state index contributed by atoms with van der Waals surface area (Å²) in [5.41, 5.74) is 0. The van der Waals surface area contributed by atoms with E-state index in [0.29, 0.717) is 38.4 Å². The first kappa shape index (κ1) is 14.8. The van der Waals surface area contributed by atoms with E-state index in [-0.39, 0.29) is 17.7 Å². The molecule has 118 valence electrons. The lowest BCUT2D eigenvalue weighted by Gasteiger charge is -2.38. The van der Waals surface area contributed by atoms with Crippen LogP contribution in [0.5, 0.6) is 0 Å². The molecule has 21 heavy (non-hydrogen) atoms. The SMILES string of the molecule is CC1CCC(C(=O)N2CCOCC2C(=O)NC2CC2)CN1. The lowest BCUT2D eigenvalue weighted by molar-refractivity contribution is -0.152. The number of hydrogen-bond donors (Lipinski definition) is 2. The fraction of sp³-hybridized carbons (Fsp3) is 0.867. The predicted molar refractivity (Wildman–Crippen MR) is 77.7 cm³/mol. The lowest BCUT2D eigenvalue weighted by atomic mass is 9.93. The smallest absolute Gasteiger partial charge is 0.245 e. The van der Waals surface area contributed by atoms with Crippen molar-refractivity contribution < 1.29 is 14.3 Å². The monoisotopic (exact) mass is 295 g/mol. The van der Waals surface area contributed by atoms with E-state index in [1.807, 2.05) is 0 Å². The number of hydrogen-bond acceptors (Lipinski definition) is 4. The molecule has 0 aromatic rings. The van der Waals surface area contributed by atoms with Crippen molar-refractivity contribution in [2.75, 3.05) is 26.3 Å². The van der Waals surface area contributed by atoms with Crippen LogP contribution in [0.15, 0.2) is 0 Å². The standard InChI is InChI=1S/C15H25N3O3/c1-10-2-3-11(8-16-10)15(20)18-6-7-21-9-13(18)14(19)17-12-4-5-12/h10-13,16H,2-9H2,1H3,(H,17,19). The number of piperidine rings is 1. The van der Waals surface area contributed by atoms with Crippen LogP contribution in [0.3, 0.4) is 0 Å². The Hall–Kier alpha value is -1.14. The van der Waals surface area contributed by atoms with Crippen molar-refractivity contribution in [3.63, 3.8) is 0 Å². The summed E-state index contributed by atoms with van der Waals surface area (Å²) < 4.78 is 5.42. The van der Waals surface area contributed by atoms with Gasteiger partial charge in [-0.15, -0.1) is 0 Å². The normalized spacial score (nSPS) is 33.6.